The summed E-state index contributed by atoms with van der Waals surface area (Å²) in [6.45, 7) is 1.57. The second kappa shape index (κ2) is 7.22. The fourth-order valence-corrected chi connectivity index (χ4v) is 2.91. The van der Waals surface area contributed by atoms with Gasteiger partial charge in [0, 0.05) is 5.56 Å². The van der Waals surface area contributed by atoms with E-state index >= 15 is 0 Å². The number of amides is 1. The third-order valence-electron chi connectivity index (χ3n) is 4.13. The Morgan fingerprint density at radius 1 is 1.15 bits per heavy atom. The molecule has 1 amide bonds. The molecule has 0 aliphatic heterocycles. The molecule has 1 saturated carbocycles. The van der Waals surface area contributed by atoms with Crippen molar-refractivity contribution in [2.75, 3.05) is 0 Å². The van der Waals surface area contributed by atoms with Gasteiger partial charge in [-0.25, -0.2) is 0 Å². The van der Waals surface area contributed by atoms with Crippen LogP contribution in [0.25, 0.3) is 0 Å². The zero-order valence-corrected chi connectivity index (χ0v) is 12.1. The van der Waals surface area contributed by atoms with E-state index < -0.39 is 0 Å². The first-order chi connectivity index (χ1) is 9.66. The maximum absolute atomic E-state index is 12.1. The van der Waals surface area contributed by atoms with Crippen molar-refractivity contribution in [2.24, 2.45) is 5.92 Å². The van der Waals surface area contributed by atoms with Crippen LogP contribution in [0.5, 0.6) is 0 Å². The highest BCUT2D eigenvalue weighted by molar-refractivity contribution is 5.97. The zero-order chi connectivity index (χ0) is 14.4. The molecule has 1 aromatic rings. The van der Waals surface area contributed by atoms with Crippen LogP contribution in [0.2, 0.25) is 0 Å². The molecule has 1 fully saturated rings. The van der Waals surface area contributed by atoms with E-state index in [1.807, 2.05) is 18.2 Å². The van der Waals surface area contributed by atoms with Gasteiger partial charge in [0.15, 0.2) is 5.78 Å². The van der Waals surface area contributed by atoms with Crippen LogP contribution >= 0.6 is 0 Å². The number of benzene rings is 1. The van der Waals surface area contributed by atoms with Crippen LogP contribution in [-0.4, -0.2) is 17.7 Å². The van der Waals surface area contributed by atoms with Crippen molar-refractivity contribution in [1.29, 1.82) is 0 Å². The van der Waals surface area contributed by atoms with Crippen LogP contribution < -0.4 is 5.32 Å². The molecule has 1 N–H and O–H groups in total. The lowest BCUT2D eigenvalue weighted by atomic mass is 9.84. The van der Waals surface area contributed by atoms with E-state index in [2.05, 4.69) is 5.32 Å². The summed E-state index contributed by atoms with van der Waals surface area (Å²) in [5.41, 5.74) is 0.613. The summed E-state index contributed by atoms with van der Waals surface area (Å²) in [5.74, 6) is 0.482. The van der Waals surface area contributed by atoms with E-state index in [-0.39, 0.29) is 17.7 Å². The summed E-state index contributed by atoms with van der Waals surface area (Å²) in [6, 6.07) is 8.74. The van der Waals surface area contributed by atoms with Crippen LogP contribution in [0.15, 0.2) is 30.3 Å². The SMILES string of the molecule is CC(=O)[C@H](CC1CCCCC1)NC(=O)c1ccccc1. The van der Waals surface area contributed by atoms with Crippen molar-refractivity contribution in [3.63, 3.8) is 0 Å². The first-order valence-electron chi connectivity index (χ1n) is 7.53. The van der Waals surface area contributed by atoms with Crippen molar-refractivity contribution in [3.05, 3.63) is 35.9 Å². The minimum atomic E-state index is -0.342. The molecule has 0 saturated heterocycles. The van der Waals surface area contributed by atoms with Crippen molar-refractivity contribution in [1.82, 2.24) is 5.32 Å². The van der Waals surface area contributed by atoms with Gasteiger partial charge < -0.3 is 5.32 Å². The van der Waals surface area contributed by atoms with Crippen molar-refractivity contribution < 1.29 is 9.59 Å². The van der Waals surface area contributed by atoms with Crippen LogP contribution in [0.1, 0.15) is 55.8 Å². The van der Waals surface area contributed by atoms with Gasteiger partial charge >= 0.3 is 0 Å². The molecule has 1 atom stereocenters. The van der Waals surface area contributed by atoms with E-state index in [1.54, 1.807) is 19.1 Å². The summed E-state index contributed by atoms with van der Waals surface area (Å²) >= 11 is 0. The molecule has 0 unspecified atom stereocenters. The van der Waals surface area contributed by atoms with E-state index in [0.717, 1.165) is 6.42 Å². The van der Waals surface area contributed by atoms with Gasteiger partial charge in [-0.3, -0.25) is 9.59 Å². The highest BCUT2D eigenvalue weighted by Gasteiger charge is 2.23. The van der Waals surface area contributed by atoms with Gasteiger partial charge in [-0.15, -0.1) is 0 Å². The van der Waals surface area contributed by atoms with Gasteiger partial charge in [0.2, 0.25) is 0 Å². The van der Waals surface area contributed by atoms with Crippen LogP contribution in [-0.2, 0) is 4.79 Å². The number of rotatable bonds is 5. The fraction of sp³-hybridized carbons (Fsp3) is 0.529. The molecule has 20 heavy (non-hydrogen) atoms. The molecule has 0 aromatic heterocycles. The zero-order valence-electron chi connectivity index (χ0n) is 12.1. The molecule has 1 aliphatic carbocycles. The summed E-state index contributed by atoms with van der Waals surface area (Å²) in [6.07, 6.45) is 6.96. The quantitative estimate of drug-likeness (QED) is 0.894. The number of carbonyl (C=O) groups is 2. The Bertz CT molecular complexity index is 449. The van der Waals surface area contributed by atoms with Crippen molar-refractivity contribution in [2.45, 2.75) is 51.5 Å². The number of Topliss-reactive ketones (excluding diaryl/α,β-unsaturated/α-hetero) is 1. The maximum atomic E-state index is 12.1. The third-order valence-corrected chi connectivity index (χ3v) is 4.13. The van der Waals surface area contributed by atoms with Gasteiger partial charge in [0.25, 0.3) is 5.91 Å². The normalized spacial score (nSPS) is 17.4. The Balaban J connectivity index is 1.95. The minimum Gasteiger partial charge on any atom is -0.342 e. The first kappa shape index (κ1) is 14.8. The van der Waals surface area contributed by atoms with Gasteiger partial charge in [-0.1, -0.05) is 50.3 Å². The topological polar surface area (TPSA) is 46.2 Å². The lowest BCUT2D eigenvalue weighted by Gasteiger charge is -2.25. The lowest BCUT2D eigenvalue weighted by Crippen LogP contribution is -2.41. The summed E-state index contributed by atoms with van der Waals surface area (Å²) in [4.78, 5) is 23.9. The Labute approximate surface area is 120 Å². The molecule has 0 heterocycles. The minimum absolute atomic E-state index is 0.0554. The Morgan fingerprint density at radius 3 is 2.40 bits per heavy atom. The Morgan fingerprint density at radius 2 is 1.80 bits per heavy atom. The molecular weight excluding hydrogens is 250 g/mol. The summed E-state index contributed by atoms with van der Waals surface area (Å²) in [5, 5.41) is 2.89. The largest absolute Gasteiger partial charge is 0.342 e. The second-order valence-electron chi connectivity index (χ2n) is 5.74. The number of hydrogen-bond donors (Lipinski definition) is 1. The molecule has 1 aromatic carbocycles. The highest BCUT2D eigenvalue weighted by Crippen LogP contribution is 2.27. The van der Waals surface area contributed by atoms with E-state index in [0.29, 0.717) is 11.5 Å². The smallest absolute Gasteiger partial charge is 0.251 e. The van der Waals surface area contributed by atoms with Gasteiger partial charge in [-0.2, -0.15) is 0 Å². The van der Waals surface area contributed by atoms with Crippen LogP contribution in [0.4, 0.5) is 0 Å². The fourth-order valence-electron chi connectivity index (χ4n) is 2.91. The van der Waals surface area contributed by atoms with E-state index in [1.165, 1.54) is 32.1 Å². The average molecular weight is 273 g/mol. The average Bonchev–Trinajstić information content (AvgIpc) is 2.48. The Kier molecular flexibility index (Phi) is 5.33. The molecule has 3 heteroatoms. The standard InChI is InChI=1S/C17H23NO2/c1-13(19)16(12-14-8-4-2-5-9-14)18-17(20)15-10-6-3-7-11-15/h3,6-7,10-11,14,16H,2,4-5,8-9,12H2,1H3,(H,18,20)/t16-/m0/s1. The number of hydrogen-bond acceptors (Lipinski definition) is 2. The third kappa shape index (κ3) is 4.19. The van der Waals surface area contributed by atoms with Crippen molar-refractivity contribution >= 4 is 11.7 Å². The predicted molar refractivity (Wildman–Crippen MR) is 79.6 cm³/mol. The molecule has 3 nitrogen and oxygen atoms in total. The molecule has 2 rings (SSSR count). The van der Waals surface area contributed by atoms with Crippen LogP contribution in [0, 0.1) is 5.92 Å². The lowest BCUT2D eigenvalue weighted by molar-refractivity contribution is -0.119. The number of carbonyl (C=O) groups excluding carboxylic acids is 2. The first-order valence-corrected chi connectivity index (χ1v) is 7.53. The van der Waals surface area contributed by atoms with Crippen LogP contribution in [0.3, 0.4) is 0 Å². The molecule has 1 aliphatic rings. The summed E-state index contributed by atoms with van der Waals surface area (Å²) in [7, 11) is 0. The monoisotopic (exact) mass is 273 g/mol. The highest BCUT2D eigenvalue weighted by atomic mass is 16.2. The van der Waals surface area contributed by atoms with Crippen molar-refractivity contribution in [3.8, 4) is 0 Å². The summed E-state index contributed by atoms with van der Waals surface area (Å²) < 4.78 is 0. The number of nitrogens with one attached hydrogen (secondary N) is 1. The van der Waals surface area contributed by atoms with Gasteiger partial charge in [0.05, 0.1) is 6.04 Å². The molecular formula is C17H23NO2. The van der Waals surface area contributed by atoms with E-state index in [9.17, 15) is 9.59 Å². The Hall–Kier alpha value is -1.64. The maximum Gasteiger partial charge on any atom is 0.251 e. The molecule has 108 valence electrons. The molecule has 0 bridgehead atoms. The number of ketones is 1. The molecule has 0 spiro atoms. The van der Waals surface area contributed by atoms with Gasteiger partial charge in [-0.05, 0) is 31.4 Å². The second-order valence-corrected chi connectivity index (χ2v) is 5.74. The molecule has 0 radical (unpaired) electrons. The predicted octanol–water partition coefficient (Wildman–Crippen LogP) is 3.34. The van der Waals surface area contributed by atoms with Gasteiger partial charge in [0.1, 0.15) is 0 Å². The van der Waals surface area contributed by atoms with E-state index in [4.69, 9.17) is 0 Å².